The largest absolute Gasteiger partial charge is 0.213 e. The van der Waals surface area contributed by atoms with Crippen molar-refractivity contribution in [2.45, 2.75) is 29.9 Å². The number of thioether (sulfide) groups is 1. The maximum atomic E-state index is 5.79. The topological polar surface area (TPSA) is 25.8 Å². The van der Waals surface area contributed by atoms with Crippen LogP contribution in [-0.4, -0.2) is 20.0 Å². The van der Waals surface area contributed by atoms with Gasteiger partial charge in [0.1, 0.15) is 5.82 Å². The second-order valence-electron chi connectivity index (χ2n) is 3.10. The summed E-state index contributed by atoms with van der Waals surface area (Å²) in [5.74, 6) is 1.46. The Kier molecular flexibility index (Phi) is 3.37. The molecule has 0 radical (unpaired) electrons. The third-order valence-corrected chi connectivity index (χ3v) is 4.06. The van der Waals surface area contributed by atoms with Crippen LogP contribution in [0.1, 0.15) is 19.7 Å². The lowest BCUT2D eigenvalue weighted by atomic mass is 10.2. The summed E-state index contributed by atoms with van der Waals surface area (Å²) in [6.07, 6.45) is 0. The summed E-state index contributed by atoms with van der Waals surface area (Å²) in [5.41, 5.74) is 0. The minimum absolute atomic E-state index is 0.0491. The van der Waals surface area contributed by atoms with E-state index in [1.165, 1.54) is 11.5 Å². The molecule has 0 atom stereocenters. The van der Waals surface area contributed by atoms with E-state index in [0.29, 0.717) is 5.88 Å². The number of halogens is 1. The molecule has 68 valence electrons. The van der Waals surface area contributed by atoms with Gasteiger partial charge >= 0.3 is 0 Å². The molecule has 12 heavy (non-hydrogen) atoms. The van der Waals surface area contributed by atoms with Crippen molar-refractivity contribution in [3.05, 3.63) is 5.82 Å². The van der Waals surface area contributed by atoms with Crippen LogP contribution in [0, 0.1) is 6.92 Å². The molecule has 2 nitrogen and oxygen atoms in total. The number of hydrogen-bond acceptors (Lipinski definition) is 4. The number of aryl methyl sites for hydroxylation is 1. The molecule has 1 aromatic rings. The maximum absolute atomic E-state index is 5.79. The van der Waals surface area contributed by atoms with Gasteiger partial charge in [-0.1, -0.05) is 11.8 Å². The van der Waals surface area contributed by atoms with Crippen molar-refractivity contribution in [1.82, 2.24) is 9.36 Å². The van der Waals surface area contributed by atoms with Crippen LogP contribution in [0.15, 0.2) is 4.34 Å². The van der Waals surface area contributed by atoms with Gasteiger partial charge in [0.25, 0.3) is 0 Å². The standard InChI is InChI=1S/C7H11ClN2S2/c1-5-9-6(12-10-5)11-7(2,3)4-8/h4H2,1-3H3. The Morgan fingerprint density at radius 2 is 2.25 bits per heavy atom. The Morgan fingerprint density at radius 3 is 2.67 bits per heavy atom. The summed E-state index contributed by atoms with van der Waals surface area (Å²) in [4.78, 5) is 4.26. The van der Waals surface area contributed by atoms with Gasteiger partial charge in [-0.05, 0) is 32.3 Å². The first kappa shape index (κ1) is 10.3. The smallest absolute Gasteiger partial charge is 0.170 e. The molecular weight excluding hydrogens is 212 g/mol. The Hall–Kier alpha value is 0.200. The van der Waals surface area contributed by atoms with Gasteiger partial charge in [-0.3, -0.25) is 0 Å². The highest BCUT2D eigenvalue weighted by Gasteiger charge is 2.19. The van der Waals surface area contributed by atoms with Crippen LogP contribution in [0.2, 0.25) is 0 Å². The lowest BCUT2D eigenvalue weighted by Gasteiger charge is -2.17. The normalized spacial score (nSPS) is 12.0. The first-order valence-corrected chi connectivity index (χ1v) is 5.71. The van der Waals surface area contributed by atoms with Gasteiger partial charge in [0.2, 0.25) is 0 Å². The maximum Gasteiger partial charge on any atom is 0.170 e. The highest BCUT2D eigenvalue weighted by Crippen LogP contribution is 2.33. The van der Waals surface area contributed by atoms with E-state index in [9.17, 15) is 0 Å². The molecule has 0 aliphatic rings. The van der Waals surface area contributed by atoms with Crippen LogP contribution in [0.3, 0.4) is 0 Å². The van der Waals surface area contributed by atoms with Crippen LogP contribution in [0.4, 0.5) is 0 Å². The fraction of sp³-hybridized carbons (Fsp3) is 0.714. The minimum atomic E-state index is 0.0491. The quantitative estimate of drug-likeness (QED) is 0.581. The highest BCUT2D eigenvalue weighted by atomic mass is 35.5. The Labute approximate surface area is 85.9 Å². The number of hydrogen-bond donors (Lipinski definition) is 0. The van der Waals surface area contributed by atoms with Gasteiger partial charge in [0.05, 0.1) is 0 Å². The molecule has 5 heteroatoms. The monoisotopic (exact) mass is 222 g/mol. The third-order valence-electron chi connectivity index (χ3n) is 1.19. The Morgan fingerprint density at radius 1 is 1.58 bits per heavy atom. The summed E-state index contributed by atoms with van der Waals surface area (Å²) in [5, 5.41) is 0. The third kappa shape index (κ3) is 2.92. The summed E-state index contributed by atoms with van der Waals surface area (Å²) in [6.45, 7) is 6.09. The van der Waals surface area contributed by atoms with E-state index in [4.69, 9.17) is 11.6 Å². The fourth-order valence-corrected chi connectivity index (χ4v) is 2.81. The highest BCUT2D eigenvalue weighted by molar-refractivity contribution is 8.02. The molecule has 0 bridgehead atoms. The van der Waals surface area contributed by atoms with E-state index in [2.05, 4.69) is 23.2 Å². The zero-order chi connectivity index (χ0) is 9.19. The fourth-order valence-electron chi connectivity index (χ4n) is 0.583. The Balaban J connectivity index is 2.63. The minimum Gasteiger partial charge on any atom is -0.213 e. The van der Waals surface area contributed by atoms with E-state index < -0.39 is 0 Å². The van der Waals surface area contributed by atoms with E-state index in [1.807, 2.05) is 6.92 Å². The van der Waals surface area contributed by atoms with Crippen molar-refractivity contribution in [2.24, 2.45) is 0 Å². The van der Waals surface area contributed by atoms with Gasteiger partial charge in [0, 0.05) is 10.6 Å². The lowest BCUT2D eigenvalue weighted by molar-refractivity contribution is 0.810. The summed E-state index contributed by atoms with van der Waals surface area (Å²) in [7, 11) is 0. The molecule has 0 unspecified atom stereocenters. The van der Waals surface area contributed by atoms with Crippen LogP contribution >= 0.6 is 34.9 Å². The van der Waals surface area contributed by atoms with Crippen molar-refractivity contribution in [2.75, 3.05) is 5.88 Å². The lowest BCUT2D eigenvalue weighted by Crippen LogP contribution is -2.15. The first-order chi connectivity index (χ1) is 5.53. The molecule has 1 heterocycles. The van der Waals surface area contributed by atoms with E-state index in [-0.39, 0.29) is 4.75 Å². The molecule has 1 rings (SSSR count). The predicted molar refractivity (Wildman–Crippen MR) is 55.3 cm³/mol. The second-order valence-corrected chi connectivity index (χ2v) is 6.08. The summed E-state index contributed by atoms with van der Waals surface area (Å²) >= 11 is 8.90. The van der Waals surface area contributed by atoms with Crippen LogP contribution in [0.5, 0.6) is 0 Å². The Bertz CT molecular complexity index is 260. The molecule has 0 aliphatic heterocycles. The average molecular weight is 223 g/mol. The summed E-state index contributed by atoms with van der Waals surface area (Å²) < 4.78 is 5.15. The van der Waals surface area contributed by atoms with E-state index in [1.54, 1.807) is 11.8 Å². The van der Waals surface area contributed by atoms with Gasteiger partial charge < -0.3 is 0 Å². The van der Waals surface area contributed by atoms with Gasteiger partial charge in [-0.2, -0.15) is 4.37 Å². The second kappa shape index (κ2) is 3.94. The van der Waals surface area contributed by atoms with Crippen molar-refractivity contribution in [3.63, 3.8) is 0 Å². The molecule has 0 aromatic carbocycles. The van der Waals surface area contributed by atoms with E-state index in [0.717, 1.165) is 10.2 Å². The van der Waals surface area contributed by atoms with Crippen molar-refractivity contribution in [1.29, 1.82) is 0 Å². The molecule has 0 aliphatic carbocycles. The molecule has 1 aromatic heterocycles. The van der Waals surface area contributed by atoms with Crippen LogP contribution in [0.25, 0.3) is 0 Å². The number of nitrogens with zero attached hydrogens (tertiary/aromatic N) is 2. The molecule has 0 fully saturated rings. The van der Waals surface area contributed by atoms with Crippen molar-refractivity contribution in [3.8, 4) is 0 Å². The SMILES string of the molecule is Cc1nsc(SC(C)(C)CCl)n1. The van der Waals surface area contributed by atoms with Gasteiger partial charge in [0.15, 0.2) is 4.34 Å². The van der Waals surface area contributed by atoms with Crippen molar-refractivity contribution < 1.29 is 0 Å². The van der Waals surface area contributed by atoms with Gasteiger partial charge in [-0.15, -0.1) is 11.6 Å². The van der Waals surface area contributed by atoms with E-state index >= 15 is 0 Å². The molecule has 0 saturated heterocycles. The predicted octanol–water partition coefficient (Wildman–Crippen LogP) is 2.96. The number of rotatable bonds is 3. The number of aromatic nitrogens is 2. The van der Waals surface area contributed by atoms with Crippen molar-refractivity contribution >= 4 is 34.9 Å². The van der Waals surface area contributed by atoms with Crippen LogP contribution in [-0.2, 0) is 0 Å². The zero-order valence-corrected chi connectivity index (χ0v) is 9.68. The zero-order valence-electron chi connectivity index (χ0n) is 7.30. The summed E-state index contributed by atoms with van der Waals surface area (Å²) in [6, 6.07) is 0. The first-order valence-electron chi connectivity index (χ1n) is 3.59. The molecule has 0 amide bonds. The molecule has 0 spiro atoms. The number of alkyl halides is 1. The molecule has 0 N–H and O–H groups in total. The van der Waals surface area contributed by atoms with Crippen LogP contribution < -0.4 is 0 Å². The van der Waals surface area contributed by atoms with Gasteiger partial charge in [-0.25, -0.2) is 4.98 Å². The average Bonchev–Trinajstić information content (AvgIpc) is 2.35. The molecular formula is C7H11ClN2S2. The molecule has 0 saturated carbocycles.